The van der Waals surface area contributed by atoms with Crippen LogP contribution in [0.4, 0.5) is 4.39 Å². The number of hydrogen-bond donors (Lipinski definition) is 1. The minimum Gasteiger partial charge on any atom is -0.383 e. The zero-order chi connectivity index (χ0) is 18.7. The Labute approximate surface area is 155 Å². The summed E-state index contributed by atoms with van der Waals surface area (Å²) in [4.78, 5) is 17.8. The van der Waals surface area contributed by atoms with Crippen LogP contribution in [0, 0.1) is 5.82 Å². The highest BCUT2D eigenvalue weighted by Crippen LogP contribution is 2.22. The number of para-hydroxylation sites is 1. The number of aromatic nitrogens is 2. The summed E-state index contributed by atoms with van der Waals surface area (Å²) in [6, 6.07) is 11.1. The van der Waals surface area contributed by atoms with Crippen molar-refractivity contribution in [2.45, 2.75) is 13.0 Å². The molecule has 1 atom stereocenters. The van der Waals surface area contributed by atoms with Crippen LogP contribution in [-0.4, -0.2) is 29.8 Å². The highest BCUT2D eigenvalue weighted by molar-refractivity contribution is 6.30. The van der Waals surface area contributed by atoms with Crippen molar-refractivity contribution in [3.8, 4) is 5.69 Å². The molecule has 1 heterocycles. The molecule has 0 amide bonds. The van der Waals surface area contributed by atoms with E-state index in [1.165, 1.54) is 22.8 Å². The van der Waals surface area contributed by atoms with E-state index in [2.05, 4.69) is 10.3 Å². The maximum atomic E-state index is 13.6. The second-order valence-electron chi connectivity index (χ2n) is 5.89. The Morgan fingerprint density at radius 1 is 1.31 bits per heavy atom. The van der Waals surface area contributed by atoms with Crippen molar-refractivity contribution in [2.24, 2.45) is 0 Å². The van der Waals surface area contributed by atoms with Gasteiger partial charge in [0.2, 0.25) is 0 Å². The Hall–Kier alpha value is -2.28. The normalized spacial score (nSPS) is 12.5. The first-order valence-electron chi connectivity index (χ1n) is 8.22. The van der Waals surface area contributed by atoms with Crippen LogP contribution >= 0.6 is 11.6 Å². The van der Waals surface area contributed by atoms with Gasteiger partial charge in [-0.05, 0) is 37.3 Å². The smallest absolute Gasteiger partial charge is 0.266 e. The molecule has 1 aromatic heterocycles. The Balaban J connectivity index is 2.20. The molecule has 0 fully saturated rings. The molecular formula is C19H19ClFN3O2. The van der Waals surface area contributed by atoms with Gasteiger partial charge in [-0.25, -0.2) is 9.37 Å². The first-order valence-corrected chi connectivity index (χ1v) is 8.60. The van der Waals surface area contributed by atoms with Crippen molar-refractivity contribution in [1.29, 1.82) is 0 Å². The molecule has 1 N–H and O–H groups in total. The predicted octanol–water partition coefficient (Wildman–Crippen LogP) is 3.48. The van der Waals surface area contributed by atoms with Gasteiger partial charge in [0, 0.05) is 13.7 Å². The van der Waals surface area contributed by atoms with Gasteiger partial charge in [0.05, 0.1) is 34.3 Å². The fourth-order valence-electron chi connectivity index (χ4n) is 2.78. The fraction of sp³-hybridized carbons (Fsp3) is 0.263. The van der Waals surface area contributed by atoms with Gasteiger partial charge >= 0.3 is 0 Å². The summed E-state index contributed by atoms with van der Waals surface area (Å²) in [6.45, 7) is 3.04. The van der Waals surface area contributed by atoms with E-state index in [0.717, 1.165) is 0 Å². The van der Waals surface area contributed by atoms with Gasteiger partial charge in [0.15, 0.2) is 0 Å². The Bertz CT molecular complexity index is 990. The Morgan fingerprint density at radius 2 is 2.08 bits per heavy atom. The molecule has 0 aliphatic heterocycles. The summed E-state index contributed by atoms with van der Waals surface area (Å²) in [6.07, 6.45) is 0. The third kappa shape index (κ3) is 3.62. The van der Waals surface area contributed by atoms with Crippen molar-refractivity contribution in [1.82, 2.24) is 14.9 Å². The number of nitrogens with zero attached hydrogens (tertiary/aromatic N) is 2. The summed E-state index contributed by atoms with van der Waals surface area (Å²) in [7, 11) is 1.62. The molecule has 136 valence electrons. The maximum absolute atomic E-state index is 13.6. The maximum Gasteiger partial charge on any atom is 0.266 e. The average Bonchev–Trinajstić information content (AvgIpc) is 2.64. The standard InChI is InChI=1S/C19H19ClFN3O2/c1-12(22-9-10-26-2)18-23-17-6-4-3-5-14(17)19(25)24(18)13-7-8-16(21)15(20)11-13/h3-8,11-12,22H,9-10H2,1-2H3. The Kier molecular flexibility index (Phi) is 5.66. The number of ether oxygens (including phenoxy) is 1. The number of nitrogens with one attached hydrogen (secondary N) is 1. The SMILES string of the molecule is COCCNC(C)c1nc2ccccc2c(=O)n1-c1ccc(F)c(Cl)c1. The lowest BCUT2D eigenvalue weighted by Crippen LogP contribution is -2.31. The number of benzene rings is 2. The molecule has 3 rings (SSSR count). The molecule has 0 spiro atoms. The van der Waals surface area contributed by atoms with Crippen LogP contribution in [0.25, 0.3) is 16.6 Å². The quantitative estimate of drug-likeness (QED) is 0.670. The van der Waals surface area contributed by atoms with Crippen LogP contribution in [0.5, 0.6) is 0 Å². The van der Waals surface area contributed by atoms with Crippen molar-refractivity contribution < 1.29 is 9.13 Å². The van der Waals surface area contributed by atoms with E-state index >= 15 is 0 Å². The number of halogens is 2. The predicted molar refractivity (Wildman–Crippen MR) is 101 cm³/mol. The van der Waals surface area contributed by atoms with E-state index in [1.807, 2.05) is 13.0 Å². The third-order valence-corrected chi connectivity index (χ3v) is 4.40. The molecule has 0 aliphatic rings. The minimum atomic E-state index is -0.537. The molecule has 7 heteroatoms. The monoisotopic (exact) mass is 375 g/mol. The van der Waals surface area contributed by atoms with Crippen molar-refractivity contribution in [3.05, 3.63) is 69.5 Å². The molecule has 0 bridgehead atoms. The number of hydrogen-bond acceptors (Lipinski definition) is 4. The van der Waals surface area contributed by atoms with Crippen LogP contribution < -0.4 is 10.9 Å². The summed E-state index contributed by atoms with van der Waals surface area (Å²) in [5.74, 6) is -0.0162. The second-order valence-corrected chi connectivity index (χ2v) is 6.30. The zero-order valence-corrected chi connectivity index (χ0v) is 15.3. The molecule has 26 heavy (non-hydrogen) atoms. The van der Waals surface area contributed by atoms with Gasteiger partial charge in [-0.15, -0.1) is 0 Å². The zero-order valence-electron chi connectivity index (χ0n) is 14.5. The highest BCUT2D eigenvalue weighted by Gasteiger charge is 2.18. The molecule has 2 aromatic carbocycles. The molecule has 0 aliphatic carbocycles. The first kappa shape index (κ1) is 18.5. The Morgan fingerprint density at radius 3 is 2.81 bits per heavy atom. The van der Waals surface area contributed by atoms with E-state index in [4.69, 9.17) is 16.3 Å². The van der Waals surface area contributed by atoms with Crippen LogP contribution in [0.15, 0.2) is 47.3 Å². The lowest BCUT2D eigenvalue weighted by molar-refractivity contribution is 0.196. The molecule has 3 aromatic rings. The molecule has 0 saturated heterocycles. The summed E-state index contributed by atoms with van der Waals surface area (Å²) in [5, 5.41) is 3.71. The van der Waals surface area contributed by atoms with E-state index < -0.39 is 5.82 Å². The average molecular weight is 376 g/mol. The highest BCUT2D eigenvalue weighted by atomic mass is 35.5. The summed E-state index contributed by atoms with van der Waals surface area (Å²) >= 11 is 5.93. The van der Waals surface area contributed by atoms with Gasteiger partial charge in [-0.1, -0.05) is 23.7 Å². The van der Waals surface area contributed by atoms with Crippen LogP contribution in [0.3, 0.4) is 0 Å². The number of rotatable bonds is 6. The van der Waals surface area contributed by atoms with E-state index in [-0.39, 0.29) is 16.6 Å². The van der Waals surface area contributed by atoms with Crippen molar-refractivity contribution in [2.75, 3.05) is 20.3 Å². The lowest BCUT2D eigenvalue weighted by atomic mass is 10.2. The second kappa shape index (κ2) is 7.95. The minimum absolute atomic E-state index is 0.0477. The molecule has 1 unspecified atom stereocenters. The van der Waals surface area contributed by atoms with Gasteiger partial charge in [-0.2, -0.15) is 0 Å². The van der Waals surface area contributed by atoms with Gasteiger partial charge in [-0.3, -0.25) is 9.36 Å². The molecular weight excluding hydrogens is 357 g/mol. The van der Waals surface area contributed by atoms with Crippen molar-refractivity contribution >= 4 is 22.5 Å². The van der Waals surface area contributed by atoms with Gasteiger partial charge < -0.3 is 10.1 Å². The molecule has 5 nitrogen and oxygen atoms in total. The van der Waals surface area contributed by atoms with Crippen LogP contribution in [-0.2, 0) is 4.74 Å². The number of methoxy groups -OCH3 is 1. The van der Waals surface area contributed by atoms with E-state index in [0.29, 0.717) is 35.6 Å². The summed E-state index contributed by atoms with van der Waals surface area (Å²) < 4.78 is 20.1. The molecule has 0 saturated carbocycles. The van der Waals surface area contributed by atoms with Gasteiger partial charge in [0.1, 0.15) is 11.6 Å². The van der Waals surface area contributed by atoms with Crippen LogP contribution in [0.2, 0.25) is 5.02 Å². The van der Waals surface area contributed by atoms with Crippen molar-refractivity contribution in [3.63, 3.8) is 0 Å². The number of fused-ring (bicyclic) bond motifs is 1. The lowest BCUT2D eigenvalue weighted by Gasteiger charge is -2.19. The summed E-state index contributed by atoms with van der Waals surface area (Å²) in [5.41, 5.74) is 0.848. The van der Waals surface area contributed by atoms with E-state index in [1.54, 1.807) is 25.3 Å². The third-order valence-electron chi connectivity index (χ3n) is 4.11. The largest absolute Gasteiger partial charge is 0.383 e. The van der Waals surface area contributed by atoms with E-state index in [9.17, 15) is 9.18 Å². The first-order chi connectivity index (χ1) is 12.5. The topological polar surface area (TPSA) is 56.1 Å². The van der Waals surface area contributed by atoms with Crippen LogP contribution in [0.1, 0.15) is 18.8 Å². The van der Waals surface area contributed by atoms with Gasteiger partial charge in [0.25, 0.3) is 5.56 Å². The molecule has 0 radical (unpaired) electrons. The fourth-order valence-corrected chi connectivity index (χ4v) is 2.96.